The van der Waals surface area contributed by atoms with E-state index in [1.54, 1.807) is 17.9 Å². The SMILES string of the molecule is Cc1ccc(C)c(S(=O)(=O)N2CCN(C(=O)c3cc(C4CC4)[nH]n3)CC2)c1. The Balaban J connectivity index is 1.44. The van der Waals surface area contributed by atoms with Crippen LogP contribution >= 0.6 is 0 Å². The molecule has 2 heterocycles. The maximum Gasteiger partial charge on any atom is 0.274 e. The third kappa shape index (κ3) is 3.51. The van der Waals surface area contributed by atoms with E-state index < -0.39 is 10.0 Å². The Morgan fingerprint density at radius 1 is 1.11 bits per heavy atom. The van der Waals surface area contributed by atoms with Gasteiger partial charge in [0.05, 0.1) is 4.90 Å². The standard InChI is InChI=1S/C19H24N4O3S/c1-13-3-4-14(2)18(11-13)27(25,26)23-9-7-22(8-10-23)19(24)17-12-16(20-21-17)15-5-6-15/h3-4,11-12,15H,5-10H2,1-2H3,(H,20,21). The normalized spacial score (nSPS) is 18.7. The number of aryl methyl sites for hydroxylation is 2. The van der Waals surface area contributed by atoms with Crippen molar-refractivity contribution in [3.8, 4) is 0 Å². The second-order valence-corrected chi connectivity index (χ2v) is 9.35. The number of sulfonamides is 1. The first-order valence-corrected chi connectivity index (χ1v) is 10.7. The summed E-state index contributed by atoms with van der Waals surface area (Å²) in [5.41, 5.74) is 3.10. The highest BCUT2D eigenvalue weighted by Crippen LogP contribution is 2.39. The molecule has 2 fully saturated rings. The summed E-state index contributed by atoms with van der Waals surface area (Å²) in [6.07, 6.45) is 2.29. The minimum absolute atomic E-state index is 0.137. The molecule has 0 bridgehead atoms. The molecule has 1 aromatic carbocycles. The van der Waals surface area contributed by atoms with Crippen molar-refractivity contribution >= 4 is 15.9 Å². The molecule has 1 aliphatic carbocycles. The van der Waals surface area contributed by atoms with E-state index in [2.05, 4.69) is 10.2 Å². The minimum Gasteiger partial charge on any atom is -0.335 e. The zero-order valence-electron chi connectivity index (χ0n) is 15.6. The molecule has 1 amide bonds. The number of hydrogen-bond acceptors (Lipinski definition) is 4. The first kappa shape index (κ1) is 18.2. The topological polar surface area (TPSA) is 86.4 Å². The van der Waals surface area contributed by atoms with Crippen LogP contribution in [0.1, 0.15) is 46.1 Å². The van der Waals surface area contributed by atoms with Gasteiger partial charge < -0.3 is 4.90 Å². The molecule has 1 N–H and O–H groups in total. The minimum atomic E-state index is -3.55. The Morgan fingerprint density at radius 3 is 2.48 bits per heavy atom. The molecule has 1 saturated carbocycles. The van der Waals surface area contributed by atoms with Crippen LogP contribution in [0, 0.1) is 13.8 Å². The van der Waals surface area contributed by atoms with Crippen LogP contribution in [0.3, 0.4) is 0 Å². The first-order valence-electron chi connectivity index (χ1n) is 9.28. The third-order valence-electron chi connectivity index (χ3n) is 5.32. The number of piperazine rings is 1. The predicted octanol–water partition coefficient (Wildman–Crippen LogP) is 2.05. The monoisotopic (exact) mass is 388 g/mol. The van der Waals surface area contributed by atoms with E-state index in [0.29, 0.717) is 42.7 Å². The molecule has 1 aromatic heterocycles. The van der Waals surface area contributed by atoms with Crippen molar-refractivity contribution in [3.05, 3.63) is 46.8 Å². The highest BCUT2D eigenvalue weighted by Gasteiger charge is 2.33. The highest BCUT2D eigenvalue weighted by molar-refractivity contribution is 7.89. The largest absolute Gasteiger partial charge is 0.335 e. The smallest absolute Gasteiger partial charge is 0.274 e. The van der Waals surface area contributed by atoms with Crippen LogP contribution in [0.4, 0.5) is 0 Å². The lowest BCUT2D eigenvalue weighted by Gasteiger charge is -2.34. The van der Waals surface area contributed by atoms with E-state index in [1.807, 2.05) is 25.1 Å². The number of amides is 1. The average molecular weight is 388 g/mol. The molecule has 2 aromatic rings. The molecule has 2 aliphatic rings. The summed E-state index contributed by atoms with van der Waals surface area (Å²) >= 11 is 0. The summed E-state index contributed by atoms with van der Waals surface area (Å²) in [5.74, 6) is 0.376. The van der Waals surface area contributed by atoms with Gasteiger partial charge in [-0.1, -0.05) is 12.1 Å². The number of carbonyl (C=O) groups excluding carboxylic acids is 1. The molecule has 4 rings (SSSR count). The number of aromatic amines is 1. The molecule has 0 unspecified atom stereocenters. The maximum absolute atomic E-state index is 13.0. The number of carbonyl (C=O) groups is 1. The maximum atomic E-state index is 13.0. The quantitative estimate of drug-likeness (QED) is 0.869. The summed E-state index contributed by atoms with van der Waals surface area (Å²) < 4.78 is 27.5. The predicted molar refractivity (Wildman–Crippen MR) is 101 cm³/mol. The van der Waals surface area contributed by atoms with Crippen LogP contribution in [0.2, 0.25) is 0 Å². The Kier molecular flexibility index (Phi) is 4.55. The van der Waals surface area contributed by atoms with E-state index in [9.17, 15) is 13.2 Å². The fraction of sp³-hybridized carbons (Fsp3) is 0.474. The number of benzene rings is 1. The van der Waals surface area contributed by atoms with E-state index >= 15 is 0 Å². The molecular weight excluding hydrogens is 364 g/mol. The van der Waals surface area contributed by atoms with E-state index in [4.69, 9.17) is 0 Å². The Labute approximate surface area is 159 Å². The molecule has 144 valence electrons. The van der Waals surface area contributed by atoms with Gasteiger partial charge >= 0.3 is 0 Å². The molecule has 1 saturated heterocycles. The van der Waals surface area contributed by atoms with Crippen molar-refractivity contribution in [1.29, 1.82) is 0 Å². The second-order valence-electron chi connectivity index (χ2n) is 7.45. The fourth-order valence-electron chi connectivity index (χ4n) is 3.47. The number of hydrogen-bond donors (Lipinski definition) is 1. The number of nitrogens with one attached hydrogen (secondary N) is 1. The Bertz CT molecular complexity index is 971. The van der Waals surface area contributed by atoms with Crippen LogP contribution in [-0.4, -0.2) is 59.9 Å². The van der Waals surface area contributed by atoms with Crippen molar-refractivity contribution in [2.24, 2.45) is 0 Å². The van der Waals surface area contributed by atoms with Gasteiger partial charge in [0.2, 0.25) is 10.0 Å². The van der Waals surface area contributed by atoms with Gasteiger partial charge in [0, 0.05) is 37.8 Å². The lowest BCUT2D eigenvalue weighted by atomic mass is 10.2. The average Bonchev–Trinajstić information content (AvgIpc) is 3.40. The van der Waals surface area contributed by atoms with Crippen LogP contribution in [-0.2, 0) is 10.0 Å². The van der Waals surface area contributed by atoms with E-state index in [0.717, 1.165) is 29.7 Å². The molecule has 7 nitrogen and oxygen atoms in total. The summed E-state index contributed by atoms with van der Waals surface area (Å²) in [6.45, 7) is 5.02. The zero-order valence-corrected chi connectivity index (χ0v) is 16.4. The van der Waals surface area contributed by atoms with Gasteiger partial charge in [-0.3, -0.25) is 9.89 Å². The molecule has 0 spiro atoms. The second kappa shape index (κ2) is 6.76. The van der Waals surface area contributed by atoms with Gasteiger partial charge in [-0.25, -0.2) is 8.42 Å². The first-order chi connectivity index (χ1) is 12.9. The van der Waals surface area contributed by atoms with Gasteiger partial charge in [0.15, 0.2) is 0 Å². The molecule has 8 heteroatoms. The summed E-state index contributed by atoms with van der Waals surface area (Å²) in [7, 11) is -3.55. The van der Waals surface area contributed by atoms with Crippen LogP contribution in [0.15, 0.2) is 29.2 Å². The highest BCUT2D eigenvalue weighted by atomic mass is 32.2. The van der Waals surface area contributed by atoms with Gasteiger partial charge in [-0.2, -0.15) is 9.40 Å². The number of nitrogens with zero attached hydrogens (tertiary/aromatic N) is 3. The van der Waals surface area contributed by atoms with Crippen LogP contribution in [0.25, 0.3) is 0 Å². The zero-order chi connectivity index (χ0) is 19.2. The third-order valence-corrected chi connectivity index (χ3v) is 7.36. The van der Waals surface area contributed by atoms with Gasteiger partial charge in [0.25, 0.3) is 5.91 Å². The van der Waals surface area contributed by atoms with Crippen molar-refractivity contribution < 1.29 is 13.2 Å². The fourth-order valence-corrected chi connectivity index (χ4v) is 5.20. The summed E-state index contributed by atoms with van der Waals surface area (Å²) in [4.78, 5) is 14.7. The van der Waals surface area contributed by atoms with Crippen molar-refractivity contribution in [1.82, 2.24) is 19.4 Å². The molecule has 0 radical (unpaired) electrons. The summed E-state index contributed by atoms with van der Waals surface area (Å²) in [5, 5.41) is 7.09. The summed E-state index contributed by atoms with van der Waals surface area (Å²) in [6, 6.07) is 7.28. The number of rotatable bonds is 4. The van der Waals surface area contributed by atoms with E-state index in [1.165, 1.54) is 4.31 Å². The van der Waals surface area contributed by atoms with E-state index in [-0.39, 0.29) is 5.91 Å². The van der Waals surface area contributed by atoms with Crippen LogP contribution in [0.5, 0.6) is 0 Å². The van der Waals surface area contributed by atoms with Crippen molar-refractivity contribution in [3.63, 3.8) is 0 Å². The van der Waals surface area contributed by atoms with Gasteiger partial charge in [-0.15, -0.1) is 0 Å². The number of H-pyrrole nitrogens is 1. The lowest BCUT2D eigenvalue weighted by Crippen LogP contribution is -2.50. The van der Waals surface area contributed by atoms with Crippen molar-refractivity contribution in [2.45, 2.75) is 37.5 Å². The molecule has 0 atom stereocenters. The van der Waals surface area contributed by atoms with Gasteiger partial charge in [-0.05, 0) is 49.9 Å². The van der Waals surface area contributed by atoms with Gasteiger partial charge in [0.1, 0.15) is 5.69 Å². The number of aromatic nitrogens is 2. The Hall–Kier alpha value is -2.19. The molecular formula is C19H24N4O3S. The molecule has 27 heavy (non-hydrogen) atoms. The Morgan fingerprint density at radius 2 is 1.81 bits per heavy atom. The molecule has 1 aliphatic heterocycles. The van der Waals surface area contributed by atoms with Crippen LogP contribution < -0.4 is 0 Å². The van der Waals surface area contributed by atoms with Crippen molar-refractivity contribution in [2.75, 3.05) is 26.2 Å². The lowest BCUT2D eigenvalue weighted by molar-refractivity contribution is 0.0692.